The molecule has 1 nitrogen and oxygen atoms in total. The number of carbonyl (C=O) groups excluding carboxylic acids is 1. The Labute approximate surface area is 96.8 Å². The lowest BCUT2D eigenvalue weighted by Crippen LogP contribution is -2.00. The Hall–Kier alpha value is -1.89. The molecule has 1 aromatic carbocycles. The third-order valence-corrected chi connectivity index (χ3v) is 2.11. The average molecular weight is 212 g/mol. The quantitative estimate of drug-likeness (QED) is 0.419. The highest BCUT2D eigenvalue weighted by Gasteiger charge is 2.07. The van der Waals surface area contributed by atoms with Gasteiger partial charge in [0, 0.05) is 11.1 Å². The van der Waals surface area contributed by atoms with Crippen molar-refractivity contribution in [2.45, 2.75) is 13.8 Å². The summed E-state index contributed by atoms with van der Waals surface area (Å²) in [5.41, 5.74) is 1.42. The van der Waals surface area contributed by atoms with E-state index in [4.69, 9.17) is 0 Å². The molecular weight excluding hydrogens is 196 g/mol. The summed E-state index contributed by atoms with van der Waals surface area (Å²) >= 11 is 0. The zero-order chi connectivity index (χ0) is 11.8. The molecule has 16 heavy (non-hydrogen) atoms. The molecular formula is C15H16O. The van der Waals surface area contributed by atoms with E-state index in [1.54, 1.807) is 0 Å². The number of Topliss-reactive ketones (excluding diaryl/α,β-unsaturated/α-hetero) is 1. The summed E-state index contributed by atoms with van der Waals surface area (Å²) in [5.74, 6) is 0.0526. The third kappa shape index (κ3) is 3.35. The van der Waals surface area contributed by atoms with Gasteiger partial charge in [-0.25, -0.2) is 0 Å². The number of benzene rings is 1. The summed E-state index contributed by atoms with van der Waals surface area (Å²) in [4.78, 5) is 12.1. The van der Waals surface area contributed by atoms with Gasteiger partial charge in [-0.15, -0.1) is 0 Å². The molecule has 0 aliphatic carbocycles. The van der Waals surface area contributed by atoms with Crippen LogP contribution in [0.15, 0.2) is 66.3 Å². The summed E-state index contributed by atoms with van der Waals surface area (Å²) in [5, 5.41) is 0. The molecule has 0 fully saturated rings. The van der Waals surface area contributed by atoms with Gasteiger partial charge < -0.3 is 0 Å². The zero-order valence-corrected chi connectivity index (χ0v) is 9.68. The number of allylic oxidation sites excluding steroid dienone is 6. The Balaban J connectivity index is 3.01. The Morgan fingerprint density at radius 1 is 1.06 bits per heavy atom. The predicted molar refractivity (Wildman–Crippen MR) is 68.5 cm³/mol. The molecule has 1 rings (SSSR count). The first kappa shape index (κ1) is 12.2. The second-order valence-electron chi connectivity index (χ2n) is 3.34. The molecule has 0 saturated carbocycles. The first-order valence-electron chi connectivity index (χ1n) is 5.35. The van der Waals surface area contributed by atoms with Crippen LogP contribution in [0.2, 0.25) is 0 Å². The number of hydrogen-bond acceptors (Lipinski definition) is 1. The van der Waals surface area contributed by atoms with E-state index in [1.165, 1.54) is 0 Å². The molecule has 82 valence electrons. The van der Waals surface area contributed by atoms with Gasteiger partial charge in [-0.3, -0.25) is 4.79 Å². The van der Waals surface area contributed by atoms with Crippen molar-refractivity contribution in [3.63, 3.8) is 0 Å². The van der Waals surface area contributed by atoms with Crippen LogP contribution in [0, 0.1) is 0 Å². The van der Waals surface area contributed by atoms with E-state index in [0.717, 1.165) is 5.56 Å². The molecule has 0 N–H and O–H groups in total. The maximum atomic E-state index is 12.1. The summed E-state index contributed by atoms with van der Waals surface area (Å²) in [6.45, 7) is 3.83. The molecule has 0 aromatic heterocycles. The molecule has 0 unspecified atom stereocenters. The van der Waals surface area contributed by atoms with Gasteiger partial charge in [0.15, 0.2) is 5.78 Å². The van der Waals surface area contributed by atoms with Crippen LogP contribution in [0.25, 0.3) is 0 Å². The maximum Gasteiger partial charge on any atom is 0.193 e. The predicted octanol–water partition coefficient (Wildman–Crippen LogP) is 3.95. The topological polar surface area (TPSA) is 17.1 Å². The fourth-order valence-electron chi connectivity index (χ4n) is 1.34. The van der Waals surface area contributed by atoms with Crippen molar-refractivity contribution in [2.75, 3.05) is 0 Å². The first-order valence-corrected chi connectivity index (χ1v) is 5.35. The molecule has 0 amide bonds. The Morgan fingerprint density at radius 3 is 2.31 bits per heavy atom. The summed E-state index contributed by atoms with van der Waals surface area (Å²) in [6, 6.07) is 9.30. The Morgan fingerprint density at radius 2 is 1.75 bits per heavy atom. The summed E-state index contributed by atoms with van der Waals surface area (Å²) in [7, 11) is 0. The van der Waals surface area contributed by atoms with E-state index in [1.807, 2.05) is 74.6 Å². The second kappa shape index (κ2) is 6.57. The van der Waals surface area contributed by atoms with E-state index in [-0.39, 0.29) is 5.78 Å². The highest BCUT2D eigenvalue weighted by molar-refractivity contribution is 6.10. The van der Waals surface area contributed by atoms with Crippen molar-refractivity contribution in [2.24, 2.45) is 0 Å². The van der Waals surface area contributed by atoms with E-state index in [0.29, 0.717) is 5.57 Å². The van der Waals surface area contributed by atoms with Crippen LogP contribution in [0.4, 0.5) is 0 Å². The van der Waals surface area contributed by atoms with Crippen LogP contribution in [0.1, 0.15) is 24.2 Å². The van der Waals surface area contributed by atoms with E-state index in [9.17, 15) is 4.79 Å². The molecule has 1 heteroatoms. The summed E-state index contributed by atoms with van der Waals surface area (Å²) in [6.07, 6.45) is 9.30. The Bertz CT molecular complexity index is 422. The smallest absolute Gasteiger partial charge is 0.193 e. The second-order valence-corrected chi connectivity index (χ2v) is 3.34. The number of carbonyl (C=O) groups is 1. The lowest BCUT2D eigenvalue weighted by Gasteiger charge is -2.00. The fraction of sp³-hybridized carbons (Fsp3) is 0.133. The lowest BCUT2D eigenvalue weighted by atomic mass is 10.0. The molecule has 0 radical (unpaired) electrons. The van der Waals surface area contributed by atoms with Crippen molar-refractivity contribution in [1.29, 1.82) is 0 Å². The van der Waals surface area contributed by atoms with Crippen LogP contribution in [0.5, 0.6) is 0 Å². The van der Waals surface area contributed by atoms with E-state index < -0.39 is 0 Å². The Kier molecular flexibility index (Phi) is 5.00. The van der Waals surface area contributed by atoms with Crippen LogP contribution >= 0.6 is 0 Å². The minimum absolute atomic E-state index is 0.0526. The van der Waals surface area contributed by atoms with Crippen molar-refractivity contribution in [1.82, 2.24) is 0 Å². The molecule has 0 saturated heterocycles. The number of ketones is 1. The molecule has 0 spiro atoms. The van der Waals surface area contributed by atoms with Gasteiger partial charge >= 0.3 is 0 Å². The molecule has 0 heterocycles. The standard InChI is InChI=1S/C15H16O/c1-3-5-10-13(9-4-2)15(16)14-11-7-6-8-12-14/h3-12H,1-2H3/b5-3+,9-4-,13-10+. The highest BCUT2D eigenvalue weighted by Crippen LogP contribution is 2.09. The van der Waals surface area contributed by atoms with Gasteiger partial charge in [0.1, 0.15) is 0 Å². The van der Waals surface area contributed by atoms with E-state index >= 15 is 0 Å². The van der Waals surface area contributed by atoms with Crippen LogP contribution in [-0.4, -0.2) is 5.78 Å². The molecule has 1 aromatic rings. The number of hydrogen-bond donors (Lipinski definition) is 0. The van der Waals surface area contributed by atoms with Crippen LogP contribution in [-0.2, 0) is 0 Å². The van der Waals surface area contributed by atoms with E-state index in [2.05, 4.69) is 0 Å². The monoisotopic (exact) mass is 212 g/mol. The van der Waals surface area contributed by atoms with Gasteiger partial charge in [-0.1, -0.05) is 60.7 Å². The first-order chi connectivity index (χ1) is 7.79. The fourth-order valence-corrected chi connectivity index (χ4v) is 1.34. The molecule has 0 aliphatic rings. The van der Waals surface area contributed by atoms with Crippen molar-refractivity contribution < 1.29 is 4.79 Å². The largest absolute Gasteiger partial charge is 0.289 e. The number of rotatable bonds is 4. The molecule has 0 aliphatic heterocycles. The molecule has 0 bridgehead atoms. The SMILES string of the molecule is C\C=C/C(=C\C=C\C)C(=O)c1ccccc1. The van der Waals surface area contributed by atoms with Crippen LogP contribution < -0.4 is 0 Å². The van der Waals surface area contributed by atoms with Gasteiger partial charge in [-0.05, 0) is 13.8 Å². The maximum absolute atomic E-state index is 12.1. The van der Waals surface area contributed by atoms with Crippen molar-refractivity contribution in [3.8, 4) is 0 Å². The average Bonchev–Trinajstić information content (AvgIpc) is 2.35. The van der Waals surface area contributed by atoms with Crippen molar-refractivity contribution >= 4 is 5.78 Å². The normalized spacial score (nSPS) is 12.5. The zero-order valence-electron chi connectivity index (χ0n) is 9.68. The van der Waals surface area contributed by atoms with Crippen LogP contribution in [0.3, 0.4) is 0 Å². The van der Waals surface area contributed by atoms with Gasteiger partial charge in [0.2, 0.25) is 0 Å². The van der Waals surface area contributed by atoms with Gasteiger partial charge in [0.05, 0.1) is 0 Å². The minimum atomic E-state index is 0.0526. The molecule has 0 atom stereocenters. The highest BCUT2D eigenvalue weighted by atomic mass is 16.1. The third-order valence-electron chi connectivity index (χ3n) is 2.11. The van der Waals surface area contributed by atoms with Crippen molar-refractivity contribution in [3.05, 3.63) is 71.8 Å². The van der Waals surface area contributed by atoms with Gasteiger partial charge in [-0.2, -0.15) is 0 Å². The lowest BCUT2D eigenvalue weighted by molar-refractivity contribution is 0.103. The minimum Gasteiger partial charge on any atom is -0.289 e. The summed E-state index contributed by atoms with van der Waals surface area (Å²) < 4.78 is 0. The van der Waals surface area contributed by atoms with Gasteiger partial charge in [0.25, 0.3) is 0 Å².